The number of rotatable bonds is 5. The van der Waals surface area contributed by atoms with E-state index in [-0.39, 0.29) is 9.77 Å². The lowest BCUT2D eigenvalue weighted by molar-refractivity contribution is 0.256. The molecule has 170 valence electrons. The van der Waals surface area contributed by atoms with Gasteiger partial charge in [-0.1, -0.05) is 23.2 Å². The number of benzene rings is 2. The maximum atomic E-state index is 13.0. The fourth-order valence-corrected chi connectivity index (χ4v) is 5.78. The van der Waals surface area contributed by atoms with Crippen molar-refractivity contribution in [2.24, 2.45) is 0 Å². The topological polar surface area (TPSA) is 109 Å². The first kappa shape index (κ1) is 23.1. The van der Waals surface area contributed by atoms with Crippen LogP contribution in [0.15, 0.2) is 69.8 Å². The number of carbonyl (C=O) groups excluding carboxylic acids is 1. The molecule has 4 rings (SSSR count). The Morgan fingerprint density at radius 3 is 2.39 bits per heavy atom. The number of sulfonamides is 1. The van der Waals surface area contributed by atoms with E-state index in [0.717, 1.165) is 22.4 Å². The first-order chi connectivity index (χ1) is 15.7. The van der Waals surface area contributed by atoms with Crippen LogP contribution in [0.25, 0.3) is 16.5 Å². The van der Waals surface area contributed by atoms with Crippen LogP contribution in [0.2, 0.25) is 9.36 Å². The van der Waals surface area contributed by atoms with Crippen molar-refractivity contribution in [3.8, 4) is 5.69 Å². The Bertz CT molecular complexity index is 1530. The normalized spacial score (nSPS) is 11.4. The summed E-state index contributed by atoms with van der Waals surface area (Å²) in [5.41, 5.74) is 1.36. The third kappa shape index (κ3) is 4.83. The zero-order valence-corrected chi connectivity index (χ0v) is 20.1. The minimum absolute atomic E-state index is 0.0735. The van der Waals surface area contributed by atoms with Gasteiger partial charge in [0, 0.05) is 30.0 Å². The monoisotopic (exact) mass is 522 g/mol. The van der Waals surface area contributed by atoms with Gasteiger partial charge in [-0.15, -0.1) is 11.3 Å². The van der Waals surface area contributed by atoms with Gasteiger partial charge in [-0.25, -0.2) is 17.9 Å². The Morgan fingerprint density at radius 1 is 1.03 bits per heavy atom. The SMILES string of the molecule is CNc1cc2ccn(-c3ccc(NC(=O)NS(=O)(=O)c4ccc(Cl)s4)cc3)c(=O)c2cc1Cl. The van der Waals surface area contributed by atoms with Crippen LogP contribution < -0.4 is 20.9 Å². The summed E-state index contributed by atoms with van der Waals surface area (Å²) in [5, 5.41) is 7.06. The van der Waals surface area contributed by atoms with Crippen molar-refractivity contribution in [1.82, 2.24) is 9.29 Å². The molecule has 0 unspecified atom stereocenters. The van der Waals surface area contributed by atoms with Gasteiger partial charge in [0.05, 0.1) is 15.0 Å². The van der Waals surface area contributed by atoms with E-state index in [1.165, 1.54) is 16.7 Å². The quantitative estimate of drug-likeness (QED) is 0.345. The van der Waals surface area contributed by atoms with Crippen LogP contribution in [-0.4, -0.2) is 26.1 Å². The Balaban J connectivity index is 1.54. The molecule has 8 nitrogen and oxygen atoms in total. The molecule has 0 aliphatic carbocycles. The zero-order valence-electron chi connectivity index (χ0n) is 16.9. The summed E-state index contributed by atoms with van der Waals surface area (Å²) in [6.07, 6.45) is 1.64. The fraction of sp³-hybridized carbons (Fsp3) is 0.0476. The Labute approximate surface area is 202 Å². The number of anilines is 2. The summed E-state index contributed by atoms with van der Waals surface area (Å²) in [7, 11) is -2.29. The van der Waals surface area contributed by atoms with Gasteiger partial charge in [-0.2, -0.15) is 0 Å². The molecule has 3 N–H and O–H groups in total. The van der Waals surface area contributed by atoms with Gasteiger partial charge in [-0.05, 0) is 60.0 Å². The molecule has 0 spiro atoms. The predicted molar refractivity (Wildman–Crippen MR) is 133 cm³/mol. The largest absolute Gasteiger partial charge is 0.387 e. The van der Waals surface area contributed by atoms with Gasteiger partial charge < -0.3 is 10.6 Å². The highest BCUT2D eigenvalue weighted by Crippen LogP contribution is 2.27. The molecule has 0 radical (unpaired) electrons. The van der Waals surface area contributed by atoms with Crippen LogP contribution in [-0.2, 0) is 10.0 Å². The lowest BCUT2D eigenvalue weighted by Gasteiger charge is -2.11. The van der Waals surface area contributed by atoms with Gasteiger partial charge in [0.15, 0.2) is 0 Å². The van der Waals surface area contributed by atoms with Crippen LogP contribution >= 0.6 is 34.5 Å². The maximum Gasteiger partial charge on any atom is 0.333 e. The lowest BCUT2D eigenvalue weighted by atomic mass is 10.1. The lowest BCUT2D eigenvalue weighted by Crippen LogP contribution is -2.33. The van der Waals surface area contributed by atoms with Gasteiger partial charge in [0.1, 0.15) is 4.21 Å². The molecular formula is C21H16Cl2N4O4S2. The Kier molecular flexibility index (Phi) is 6.35. The van der Waals surface area contributed by atoms with Crippen molar-refractivity contribution >= 4 is 72.7 Å². The minimum Gasteiger partial charge on any atom is -0.387 e. The number of aromatic nitrogens is 1. The molecule has 2 aromatic heterocycles. The van der Waals surface area contributed by atoms with Gasteiger partial charge >= 0.3 is 6.03 Å². The molecule has 12 heteroatoms. The van der Waals surface area contributed by atoms with Crippen molar-refractivity contribution in [2.75, 3.05) is 17.7 Å². The molecule has 0 saturated carbocycles. The van der Waals surface area contributed by atoms with Crippen LogP contribution in [0.3, 0.4) is 0 Å². The van der Waals surface area contributed by atoms with E-state index in [1.54, 1.807) is 55.7 Å². The van der Waals surface area contributed by atoms with Gasteiger partial charge in [0.2, 0.25) is 0 Å². The highest BCUT2D eigenvalue weighted by molar-refractivity contribution is 7.92. The molecule has 0 bridgehead atoms. The second-order valence-corrected chi connectivity index (χ2v) is 10.9. The number of nitrogens with zero attached hydrogens (tertiary/aromatic N) is 1. The minimum atomic E-state index is -4.03. The first-order valence-electron chi connectivity index (χ1n) is 9.40. The van der Waals surface area contributed by atoms with Gasteiger partial charge in [-0.3, -0.25) is 9.36 Å². The van der Waals surface area contributed by atoms with Crippen molar-refractivity contribution in [3.05, 3.63) is 80.5 Å². The summed E-state index contributed by atoms with van der Waals surface area (Å²) >= 11 is 12.8. The smallest absolute Gasteiger partial charge is 0.333 e. The third-order valence-electron chi connectivity index (χ3n) is 4.70. The molecular weight excluding hydrogens is 507 g/mol. The molecule has 0 aliphatic heterocycles. The highest BCUT2D eigenvalue weighted by Gasteiger charge is 2.20. The van der Waals surface area contributed by atoms with E-state index in [9.17, 15) is 18.0 Å². The molecule has 2 heterocycles. The second-order valence-electron chi connectivity index (χ2n) is 6.83. The van der Waals surface area contributed by atoms with Crippen molar-refractivity contribution < 1.29 is 13.2 Å². The number of amides is 2. The highest BCUT2D eigenvalue weighted by atomic mass is 35.5. The van der Waals surface area contributed by atoms with Crippen molar-refractivity contribution in [1.29, 1.82) is 0 Å². The molecule has 2 aromatic carbocycles. The number of thiophene rings is 1. The van der Waals surface area contributed by atoms with E-state index in [4.69, 9.17) is 23.2 Å². The number of nitrogens with one attached hydrogen (secondary N) is 3. The summed E-state index contributed by atoms with van der Waals surface area (Å²) in [4.78, 5) is 25.1. The number of carbonyl (C=O) groups is 1. The number of urea groups is 1. The summed E-state index contributed by atoms with van der Waals surface area (Å²) in [5.74, 6) is 0. The Hall–Kier alpha value is -3.05. The first-order valence-corrected chi connectivity index (χ1v) is 12.5. The van der Waals surface area contributed by atoms with E-state index in [1.807, 2.05) is 4.72 Å². The van der Waals surface area contributed by atoms with Crippen molar-refractivity contribution in [3.63, 3.8) is 0 Å². The van der Waals surface area contributed by atoms with Crippen LogP contribution in [0, 0.1) is 0 Å². The van der Waals surface area contributed by atoms with E-state index in [2.05, 4.69) is 10.6 Å². The molecule has 4 aromatic rings. The number of halogens is 2. The standard InChI is InChI=1S/C21H16Cl2N4O4S2/c1-24-17-10-12-8-9-27(20(28)15(12)11-16(17)22)14-4-2-13(3-5-14)25-21(29)26-33(30,31)19-7-6-18(23)32-19/h2-11,24H,1H3,(H2,25,26,29). The molecule has 33 heavy (non-hydrogen) atoms. The zero-order chi connectivity index (χ0) is 23.8. The van der Waals surface area contributed by atoms with E-state index < -0.39 is 16.1 Å². The molecule has 0 aliphatic rings. The summed E-state index contributed by atoms with van der Waals surface area (Å²) in [6, 6.07) is 13.4. The fourth-order valence-electron chi connectivity index (χ4n) is 3.14. The molecule has 2 amide bonds. The summed E-state index contributed by atoms with van der Waals surface area (Å²) < 4.78 is 28.0. The van der Waals surface area contributed by atoms with Gasteiger partial charge in [0.25, 0.3) is 15.6 Å². The average Bonchev–Trinajstić information content (AvgIpc) is 3.22. The van der Waals surface area contributed by atoms with E-state index in [0.29, 0.717) is 26.1 Å². The molecule has 0 atom stereocenters. The molecule has 0 saturated heterocycles. The average molecular weight is 523 g/mol. The maximum absolute atomic E-state index is 13.0. The number of hydrogen-bond donors (Lipinski definition) is 3. The number of fused-ring (bicyclic) bond motifs is 1. The van der Waals surface area contributed by atoms with Crippen LogP contribution in [0.5, 0.6) is 0 Å². The third-order valence-corrected chi connectivity index (χ3v) is 8.07. The second kappa shape index (κ2) is 9.06. The predicted octanol–water partition coefficient (Wildman–Crippen LogP) is 4.91. The van der Waals surface area contributed by atoms with Crippen LogP contribution in [0.1, 0.15) is 0 Å². The van der Waals surface area contributed by atoms with Crippen LogP contribution in [0.4, 0.5) is 16.2 Å². The van der Waals surface area contributed by atoms with Crippen molar-refractivity contribution in [2.45, 2.75) is 4.21 Å². The van der Waals surface area contributed by atoms with E-state index >= 15 is 0 Å². The summed E-state index contributed by atoms with van der Waals surface area (Å²) in [6.45, 7) is 0. The Morgan fingerprint density at radius 2 is 1.76 bits per heavy atom. The number of pyridine rings is 1. The number of hydrogen-bond acceptors (Lipinski definition) is 6. The molecule has 0 fully saturated rings.